The van der Waals surface area contributed by atoms with Crippen molar-refractivity contribution in [2.45, 2.75) is 69.8 Å². The molecule has 182 valence electrons. The van der Waals surface area contributed by atoms with Crippen LogP contribution in [0.1, 0.15) is 64.1 Å². The van der Waals surface area contributed by atoms with Gasteiger partial charge in [-0.3, -0.25) is 14.6 Å². The number of anilines is 1. The van der Waals surface area contributed by atoms with Crippen molar-refractivity contribution in [3.63, 3.8) is 0 Å². The van der Waals surface area contributed by atoms with Gasteiger partial charge in [-0.15, -0.1) is 0 Å². The summed E-state index contributed by atoms with van der Waals surface area (Å²) in [6.07, 6.45) is 5.03. The predicted molar refractivity (Wildman–Crippen MR) is 137 cm³/mol. The van der Waals surface area contributed by atoms with Crippen LogP contribution in [0.25, 0.3) is 11.3 Å². The van der Waals surface area contributed by atoms with Crippen molar-refractivity contribution in [2.24, 2.45) is 0 Å². The molecule has 1 fully saturated rings. The number of ether oxygens (including phenoxy) is 1. The highest BCUT2D eigenvalue weighted by atomic mass is 32.2. The lowest BCUT2D eigenvalue weighted by molar-refractivity contribution is -0.763. The first-order valence-corrected chi connectivity index (χ1v) is 13.5. The van der Waals surface area contributed by atoms with Crippen LogP contribution in [0.4, 0.5) is 5.69 Å². The van der Waals surface area contributed by atoms with Crippen molar-refractivity contribution in [3.8, 4) is 17.0 Å². The minimum atomic E-state index is -0.630. The van der Waals surface area contributed by atoms with E-state index >= 15 is 0 Å². The van der Waals surface area contributed by atoms with Gasteiger partial charge in [-0.1, -0.05) is 49.9 Å². The van der Waals surface area contributed by atoms with Gasteiger partial charge >= 0.3 is 11.3 Å². The average Bonchev–Trinajstić information content (AvgIpc) is 3.37. The van der Waals surface area contributed by atoms with Crippen LogP contribution in [0.2, 0.25) is 0 Å². The van der Waals surface area contributed by atoms with E-state index in [-0.39, 0.29) is 17.6 Å². The number of aromatic nitrogens is 3. The number of carbonyl (C=O) groups is 1. The molecule has 0 saturated heterocycles. The highest BCUT2D eigenvalue weighted by molar-refractivity contribution is 7.99. The van der Waals surface area contributed by atoms with Crippen molar-refractivity contribution >= 4 is 23.4 Å². The van der Waals surface area contributed by atoms with E-state index < -0.39 is 6.17 Å². The van der Waals surface area contributed by atoms with E-state index in [2.05, 4.69) is 4.98 Å². The summed E-state index contributed by atoms with van der Waals surface area (Å²) < 4.78 is 8.21. The van der Waals surface area contributed by atoms with Gasteiger partial charge in [-0.25, -0.2) is 4.90 Å². The molecule has 1 N–H and O–H groups in total. The number of amides is 1. The molecule has 2 heterocycles. The molecule has 35 heavy (non-hydrogen) atoms. The Hall–Kier alpha value is -3.13. The summed E-state index contributed by atoms with van der Waals surface area (Å²) in [6.45, 7) is 4.02. The number of aromatic amines is 1. The quantitative estimate of drug-likeness (QED) is 0.378. The third-order valence-electron chi connectivity index (χ3n) is 6.56. The summed E-state index contributed by atoms with van der Waals surface area (Å²) in [5.74, 6) is 1.50. The Kier molecular flexibility index (Phi) is 6.90. The van der Waals surface area contributed by atoms with Gasteiger partial charge in [-0.05, 0) is 66.8 Å². The zero-order chi connectivity index (χ0) is 24.4. The molecule has 7 nitrogen and oxygen atoms in total. The number of thioether (sulfide) groups is 1. The average molecular weight is 492 g/mol. The van der Waals surface area contributed by atoms with E-state index in [1.165, 1.54) is 11.8 Å². The van der Waals surface area contributed by atoms with E-state index in [9.17, 15) is 9.59 Å². The molecule has 1 aromatic heterocycles. The molecule has 0 radical (unpaired) electrons. The zero-order valence-corrected chi connectivity index (χ0v) is 21.0. The maximum atomic E-state index is 13.7. The molecule has 1 amide bonds. The summed E-state index contributed by atoms with van der Waals surface area (Å²) in [5.41, 5.74) is 2.47. The third kappa shape index (κ3) is 4.47. The van der Waals surface area contributed by atoms with Crippen LogP contribution in [0.5, 0.6) is 5.75 Å². The van der Waals surface area contributed by atoms with E-state index in [1.54, 1.807) is 9.58 Å². The van der Waals surface area contributed by atoms with Crippen LogP contribution in [0.15, 0.2) is 58.5 Å². The summed E-state index contributed by atoms with van der Waals surface area (Å²) in [7, 11) is 0. The molecule has 2 aromatic carbocycles. The fourth-order valence-corrected chi connectivity index (χ4v) is 5.63. The van der Waals surface area contributed by atoms with Gasteiger partial charge in [0.05, 0.1) is 22.9 Å². The Balaban J connectivity index is 1.75. The molecule has 0 bridgehead atoms. The minimum Gasteiger partial charge on any atom is -0.490 e. The van der Waals surface area contributed by atoms with Crippen LogP contribution in [0.3, 0.4) is 0 Å². The van der Waals surface area contributed by atoms with Crippen molar-refractivity contribution in [3.05, 3.63) is 64.4 Å². The van der Waals surface area contributed by atoms with E-state index in [1.807, 2.05) is 62.4 Å². The Morgan fingerprint density at radius 1 is 1.14 bits per heavy atom. The SMILES string of the molecule is CCCC(=O)N1c2ccccc2-c2c(=O)[nH]c(SCC)n[n+]2[C@H]1c1ccccc1OC1CCCC1. The number of fused-ring (bicyclic) bond motifs is 3. The van der Waals surface area contributed by atoms with E-state index in [4.69, 9.17) is 9.84 Å². The fourth-order valence-electron chi connectivity index (χ4n) is 5.05. The van der Waals surface area contributed by atoms with Crippen molar-refractivity contribution in [2.75, 3.05) is 10.7 Å². The van der Waals surface area contributed by atoms with Gasteiger partial charge in [0.1, 0.15) is 5.75 Å². The Morgan fingerprint density at radius 3 is 2.66 bits per heavy atom. The van der Waals surface area contributed by atoms with Crippen molar-refractivity contribution in [1.82, 2.24) is 10.1 Å². The number of hydrogen-bond acceptors (Lipinski definition) is 5. The van der Waals surface area contributed by atoms with Crippen LogP contribution >= 0.6 is 11.8 Å². The number of para-hydroxylation sites is 2. The molecule has 1 aliphatic heterocycles. The van der Waals surface area contributed by atoms with Gasteiger partial charge < -0.3 is 4.74 Å². The second-order valence-electron chi connectivity index (χ2n) is 8.95. The van der Waals surface area contributed by atoms with Crippen LogP contribution in [-0.4, -0.2) is 27.8 Å². The minimum absolute atomic E-state index is 0.00875. The molecule has 1 atom stereocenters. The van der Waals surface area contributed by atoms with Crippen LogP contribution < -0.4 is 19.9 Å². The number of H-pyrrole nitrogens is 1. The molecule has 0 spiro atoms. The summed E-state index contributed by atoms with van der Waals surface area (Å²) in [5, 5.41) is 5.39. The molecule has 2 aliphatic rings. The fraction of sp³-hybridized carbons (Fsp3) is 0.407. The molecular formula is C27H31N4O3S+. The molecule has 5 rings (SSSR count). The number of hydrogen-bond donors (Lipinski definition) is 1. The summed E-state index contributed by atoms with van der Waals surface area (Å²) >= 11 is 1.47. The molecule has 1 saturated carbocycles. The van der Waals surface area contributed by atoms with E-state index in [0.29, 0.717) is 22.8 Å². The van der Waals surface area contributed by atoms with Gasteiger partial charge in [-0.2, -0.15) is 0 Å². The largest absolute Gasteiger partial charge is 0.490 e. The second kappa shape index (κ2) is 10.2. The highest BCUT2D eigenvalue weighted by Crippen LogP contribution is 2.40. The summed E-state index contributed by atoms with van der Waals surface area (Å²) in [4.78, 5) is 31.8. The molecule has 1 aliphatic carbocycles. The maximum absolute atomic E-state index is 13.7. The molecule has 0 unspecified atom stereocenters. The molecule has 8 heteroatoms. The number of benzene rings is 2. The lowest BCUT2D eigenvalue weighted by Gasteiger charge is -2.33. The predicted octanol–water partition coefficient (Wildman–Crippen LogP) is 4.85. The first-order chi connectivity index (χ1) is 17.1. The first kappa shape index (κ1) is 23.6. The monoisotopic (exact) mass is 491 g/mol. The van der Waals surface area contributed by atoms with Crippen molar-refractivity contribution < 1.29 is 14.2 Å². The van der Waals surface area contributed by atoms with E-state index in [0.717, 1.165) is 54.9 Å². The number of nitrogens with zero attached hydrogens (tertiary/aromatic N) is 3. The Labute approximate surface area is 209 Å². The topological polar surface area (TPSA) is 79.2 Å². The standard InChI is InChI=1S/C27H30N4O3S/c1-3-11-23(32)30-21-16-9-7-14-19(21)24-25(33)28-27(35-4-2)29-31(24)26(30)20-15-8-10-17-22(20)34-18-12-5-6-13-18/h7-10,14-18,26H,3-6,11-13H2,1-2H3/p+1/t26-/m0/s1. The lowest BCUT2D eigenvalue weighted by atomic mass is 10.00. The second-order valence-corrected chi connectivity index (χ2v) is 10.2. The Bertz CT molecular complexity index is 1290. The van der Waals surface area contributed by atoms with Gasteiger partial charge in [0, 0.05) is 11.5 Å². The first-order valence-electron chi connectivity index (χ1n) is 12.5. The zero-order valence-electron chi connectivity index (χ0n) is 20.2. The normalized spacial score (nSPS) is 17.2. The van der Waals surface area contributed by atoms with Gasteiger partial charge in [0.2, 0.25) is 11.1 Å². The number of nitrogens with one attached hydrogen (secondary N) is 1. The van der Waals surface area contributed by atoms with Gasteiger partial charge in [0.25, 0.3) is 6.17 Å². The highest BCUT2D eigenvalue weighted by Gasteiger charge is 2.46. The smallest absolute Gasteiger partial charge is 0.325 e. The van der Waals surface area contributed by atoms with Crippen molar-refractivity contribution in [1.29, 1.82) is 0 Å². The third-order valence-corrected chi connectivity index (χ3v) is 7.31. The Morgan fingerprint density at radius 2 is 1.89 bits per heavy atom. The molecule has 3 aromatic rings. The number of carbonyl (C=O) groups excluding carboxylic acids is 1. The maximum Gasteiger partial charge on any atom is 0.325 e. The summed E-state index contributed by atoms with van der Waals surface area (Å²) in [6, 6.07) is 15.4. The lowest BCUT2D eigenvalue weighted by Crippen LogP contribution is -2.61. The van der Waals surface area contributed by atoms with Gasteiger partial charge in [0.15, 0.2) is 0 Å². The molecular weight excluding hydrogens is 460 g/mol. The van der Waals surface area contributed by atoms with Crippen LogP contribution in [-0.2, 0) is 4.79 Å². The number of rotatable bonds is 7. The van der Waals surface area contributed by atoms with Crippen LogP contribution in [0, 0.1) is 0 Å².